The summed E-state index contributed by atoms with van der Waals surface area (Å²) < 4.78 is 0. The molecule has 1 aromatic heterocycles. The summed E-state index contributed by atoms with van der Waals surface area (Å²) in [6.45, 7) is 0. The lowest BCUT2D eigenvalue weighted by atomic mass is 10.1. The zero-order chi connectivity index (χ0) is 17.8. The van der Waals surface area contributed by atoms with Crippen LogP contribution >= 0.6 is 11.3 Å². The summed E-state index contributed by atoms with van der Waals surface area (Å²) in [4.78, 5) is 23.8. The van der Waals surface area contributed by atoms with E-state index in [4.69, 9.17) is 9.68 Å². The summed E-state index contributed by atoms with van der Waals surface area (Å²) in [5, 5.41) is 10.8. The van der Waals surface area contributed by atoms with E-state index in [2.05, 4.69) is 0 Å². The lowest BCUT2D eigenvalue weighted by molar-refractivity contribution is -0.0433. The van der Waals surface area contributed by atoms with Crippen molar-refractivity contribution < 1.29 is 14.8 Å². The van der Waals surface area contributed by atoms with Gasteiger partial charge in [-0.1, -0.05) is 12.1 Å². The first-order valence-corrected chi connectivity index (χ1v) is 8.36. The molecule has 0 saturated carbocycles. The minimum Gasteiger partial charge on any atom is -0.504 e. The fraction of sp³-hybridized carbons (Fsp3) is 0.105. The summed E-state index contributed by atoms with van der Waals surface area (Å²) >= 11 is 1.61. The number of rotatable bonds is 5. The molecule has 0 atom stereocenters. The van der Waals surface area contributed by atoms with Crippen LogP contribution in [0, 0.1) is 0 Å². The fourth-order valence-corrected chi connectivity index (χ4v) is 3.42. The maximum Gasteiger partial charge on any atom is 0.220 e. The first-order valence-electron chi connectivity index (χ1n) is 7.54. The topological polar surface area (TPSA) is 59.0 Å². The molecule has 3 aromatic rings. The van der Waals surface area contributed by atoms with Crippen LogP contribution in [-0.4, -0.2) is 19.3 Å². The summed E-state index contributed by atoms with van der Waals surface area (Å²) in [6, 6.07) is 18.1. The predicted molar refractivity (Wildman–Crippen MR) is 99.6 cm³/mol. The minimum absolute atomic E-state index is 0.251. The molecular weight excluding hydrogens is 338 g/mol. The van der Waals surface area contributed by atoms with Crippen LogP contribution in [0.5, 0.6) is 5.75 Å². The molecule has 5 nitrogen and oxygen atoms in total. The van der Waals surface area contributed by atoms with Crippen molar-refractivity contribution >= 4 is 17.0 Å². The number of anilines is 1. The van der Waals surface area contributed by atoms with Crippen molar-refractivity contribution in [2.24, 2.45) is 0 Å². The molecule has 0 aliphatic carbocycles. The van der Waals surface area contributed by atoms with Crippen LogP contribution in [0.1, 0.15) is 0 Å². The van der Waals surface area contributed by atoms with Crippen LogP contribution in [0.25, 0.3) is 20.9 Å². The van der Waals surface area contributed by atoms with Gasteiger partial charge in [0.2, 0.25) is 5.43 Å². The Bertz CT molecular complexity index is 917. The van der Waals surface area contributed by atoms with Crippen LogP contribution in [0.2, 0.25) is 0 Å². The van der Waals surface area contributed by atoms with Gasteiger partial charge in [-0.15, -0.1) is 16.6 Å². The molecule has 0 aliphatic heterocycles. The van der Waals surface area contributed by atoms with Gasteiger partial charge in [-0.25, -0.2) is 0 Å². The maximum atomic E-state index is 11.5. The van der Waals surface area contributed by atoms with E-state index in [1.54, 1.807) is 23.5 Å². The molecule has 0 saturated heterocycles. The van der Waals surface area contributed by atoms with Gasteiger partial charge in [-0.3, -0.25) is 14.5 Å². The predicted octanol–water partition coefficient (Wildman–Crippen LogP) is 4.08. The van der Waals surface area contributed by atoms with Crippen molar-refractivity contribution in [3.8, 4) is 26.6 Å². The molecule has 0 bridgehead atoms. The Balaban J connectivity index is 1.89. The molecular formula is C19H17NO4S. The van der Waals surface area contributed by atoms with Gasteiger partial charge in [0.25, 0.3) is 0 Å². The van der Waals surface area contributed by atoms with Gasteiger partial charge in [-0.2, -0.15) is 0 Å². The van der Waals surface area contributed by atoms with Gasteiger partial charge in [0.1, 0.15) is 0 Å². The number of hydrogen-bond donors (Lipinski definition) is 1. The SMILES string of the molecule is CON(OC)c1ccc(-c2ccc(-c3ccc(O)c(=O)cc3)s2)cc1. The van der Waals surface area contributed by atoms with E-state index in [1.807, 2.05) is 36.4 Å². The Hall–Kier alpha value is -2.67. The maximum absolute atomic E-state index is 11.5. The Kier molecular flexibility index (Phi) is 5.14. The average Bonchev–Trinajstić information content (AvgIpc) is 3.06. The van der Waals surface area contributed by atoms with Crippen LogP contribution in [0.15, 0.2) is 65.5 Å². The highest BCUT2D eigenvalue weighted by Crippen LogP contribution is 2.35. The number of hydrogen-bond acceptors (Lipinski definition) is 6. The molecule has 25 heavy (non-hydrogen) atoms. The zero-order valence-electron chi connectivity index (χ0n) is 13.8. The smallest absolute Gasteiger partial charge is 0.220 e. The van der Waals surface area contributed by atoms with Crippen LogP contribution in [0.4, 0.5) is 5.69 Å². The van der Waals surface area contributed by atoms with Gasteiger partial charge < -0.3 is 5.11 Å². The second kappa shape index (κ2) is 7.48. The normalized spacial score (nSPS) is 10.6. The second-order valence-electron chi connectivity index (χ2n) is 5.20. The molecule has 3 rings (SSSR count). The van der Waals surface area contributed by atoms with Crippen molar-refractivity contribution in [1.82, 2.24) is 0 Å². The highest BCUT2D eigenvalue weighted by atomic mass is 32.1. The molecule has 2 aromatic carbocycles. The van der Waals surface area contributed by atoms with E-state index in [-0.39, 0.29) is 11.2 Å². The van der Waals surface area contributed by atoms with E-state index >= 15 is 0 Å². The second-order valence-corrected chi connectivity index (χ2v) is 6.29. The fourth-order valence-electron chi connectivity index (χ4n) is 2.40. The molecule has 128 valence electrons. The third kappa shape index (κ3) is 3.71. The molecule has 1 heterocycles. The molecule has 6 heteroatoms. The summed E-state index contributed by atoms with van der Waals surface area (Å²) in [5.74, 6) is -0.251. The summed E-state index contributed by atoms with van der Waals surface area (Å²) in [5.41, 5.74) is 2.36. The highest BCUT2D eigenvalue weighted by molar-refractivity contribution is 7.18. The van der Waals surface area contributed by atoms with E-state index < -0.39 is 0 Å². The van der Waals surface area contributed by atoms with Gasteiger partial charge in [0.15, 0.2) is 5.75 Å². The van der Waals surface area contributed by atoms with Crippen LogP contribution in [-0.2, 0) is 9.68 Å². The minimum atomic E-state index is -0.389. The van der Waals surface area contributed by atoms with Crippen molar-refractivity contribution in [2.75, 3.05) is 19.4 Å². The van der Waals surface area contributed by atoms with Gasteiger partial charge in [0.05, 0.1) is 19.9 Å². The zero-order valence-corrected chi connectivity index (χ0v) is 14.6. The lowest BCUT2D eigenvalue weighted by Gasteiger charge is -2.17. The molecule has 0 spiro atoms. The standard InChI is InChI=1S/C19H17NO4S/c1-23-20(24-2)15-7-3-13(4-8-15)18-11-12-19(25-18)14-5-9-16(21)17(22)10-6-14/h3-12H,1-2H3,(H,21,22). The number of nitrogens with zero attached hydrogens (tertiary/aromatic N) is 1. The monoisotopic (exact) mass is 355 g/mol. The van der Waals surface area contributed by atoms with Gasteiger partial charge in [-0.05, 0) is 59.7 Å². The first kappa shape index (κ1) is 17.2. The van der Waals surface area contributed by atoms with Crippen molar-refractivity contribution in [2.45, 2.75) is 0 Å². The lowest BCUT2D eigenvalue weighted by Crippen LogP contribution is -2.19. The Morgan fingerprint density at radius 1 is 0.800 bits per heavy atom. The average molecular weight is 355 g/mol. The van der Waals surface area contributed by atoms with Crippen LogP contribution < -0.4 is 10.7 Å². The van der Waals surface area contributed by atoms with Gasteiger partial charge >= 0.3 is 0 Å². The van der Waals surface area contributed by atoms with Crippen molar-refractivity contribution in [1.29, 1.82) is 0 Å². The Morgan fingerprint density at radius 3 is 1.88 bits per heavy atom. The molecule has 0 amide bonds. The molecule has 0 aliphatic rings. The first-order chi connectivity index (χ1) is 12.1. The van der Waals surface area contributed by atoms with Gasteiger partial charge in [0, 0.05) is 9.75 Å². The number of aromatic hydroxyl groups is 1. The molecule has 0 unspecified atom stereocenters. The third-order valence-electron chi connectivity index (χ3n) is 3.67. The molecule has 0 fully saturated rings. The van der Waals surface area contributed by atoms with E-state index in [0.717, 1.165) is 26.6 Å². The number of thiophene rings is 1. The highest BCUT2D eigenvalue weighted by Gasteiger charge is 2.08. The molecule has 0 radical (unpaired) electrons. The Labute approximate surface area is 149 Å². The number of benzene rings is 1. The van der Waals surface area contributed by atoms with Crippen molar-refractivity contribution in [3.63, 3.8) is 0 Å². The van der Waals surface area contributed by atoms with E-state index in [1.165, 1.54) is 31.6 Å². The third-order valence-corrected chi connectivity index (χ3v) is 4.86. The van der Waals surface area contributed by atoms with Crippen molar-refractivity contribution in [3.05, 3.63) is 70.9 Å². The summed E-state index contributed by atoms with van der Waals surface area (Å²) in [6.07, 6.45) is 0. The van der Waals surface area contributed by atoms with E-state index in [9.17, 15) is 9.90 Å². The summed E-state index contributed by atoms with van der Waals surface area (Å²) in [7, 11) is 3.07. The van der Waals surface area contributed by atoms with Crippen LogP contribution in [0.3, 0.4) is 0 Å². The van der Waals surface area contributed by atoms with E-state index in [0.29, 0.717) is 0 Å². The molecule has 1 N–H and O–H groups in total. The Morgan fingerprint density at radius 2 is 1.32 bits per heavy atom. The largest absolute Gasteiger partial charge is 0.504 e. The quantitative estimate of drug-likeness (QED) is 0.699.